The number of nitrogens with one attached hydrogen (secondary N) is 3. The summed E-state index contributed by atoms with van der Waals surface area (Å²) in [5, 5.41) is 15.7. The molecule has 0 aliphatic rings. The number of carbonyl (C=O) groups excluding carboxylic acids is 3. The molecular weight excluding hydrogens is 250 g/mol. The highest BCUT2D eigenvalue weighted by atomic mass is 16.3. The van der Waals surface area contributed by atoms with Gasteiger partial charge in [0.15, 0.2) is 0 Å². The molecule has 0 aromatic heterocycles. The Hall–Kier alpha value is -2.41. The topological polar surface area (TPSA) is 108 Å². The second kappa shape index (κ2) is 7.12. The Bertz CT molecular complexity index is 488. The van der Waals surface area contributed by atoms with Crippen LogP contribution in [0.1, 0.15) is 6.92 Å². The number of aliphatic hydroxyl groups is 1. The Kier molecular flexibility index (Phi) is 5.49. The summed E-state index contributed by atoms with van der Waals surface area (Å²) in [4.78, 5) is 33.6. The minimum atomic E-state index is -0.839. The molecule has 0 radical (unpaired) electrons. The monoisotopic (exact) mass is 265 g/mol. The minimum absolute atomic E-state index is 0.0121. The van der Waals surface area contributed by atoms with Crippen LogP contribution in [0.2, 0.25) is 0 Å². The van der Waals surface area contributed by atoms with E-state index in [0.29, 0.717) is 11.4 Å². The van der Waals surface area contributed by atoms with Gasteiger partial charge in [0.2, 0.25) is 5.91 Å². The van der Waals surface area contributed by atoms with Crippen LogP contribution in [-0.4, -0.2) is 36.0 Å². The van der Waals surface area contributed by atoms with Crippen molar-refractivity contribution in [1.82, 2.24) is 5.32 Å². The fraction of sp³-hybridized carbons (Fsp3) is 0.250. The van der Waals surface area contributed by atoms with Gasteiger partial charge in [0, 0.05) is 24.8 Å². The third kappa shape index (κ3) is 5.17. The molecule has 0 fully saturated rings. The highest BCUT2D eigenvalue weighted by molar-refractivity contribution is 6.39. The first-order chi connectivity index (χ1) is 9.02. The van der Waals surface area contributed by atoms with E-state index in [2.05, 4.69) is 16.0 Å². The number of carbonyl (C=O) groups is 3. The molecular formula is C12H15N3O4. The quantitative estimate of drug-likeness (QED) is 0.560. The average molecular weight is 265 g/mol. The summed E-state index contributed by atoms with van der Waals surface area (Å²) in [5.74, 6) is -1.91. The van der Waals surface area contributed by atoms with Crippen LogP contribution in [0, 0.1) is 0 Å². The summed E-state index contributed by atoms with van der Waals surface area (Å²) in [6.45, 7) is 1.14. The largest absolute Gasteiger partial charge is 0.395 e. The van der Waals surface area contributed by atoms with E-state index in [-0.39, 0.29) is 19.1 Å². The maximum Gasteiger partial charge on any atom is 0.313 e. The third-order valence-electron chi connectivity index (χ3n) is 2.04. The number of rotatable bonds is 4. The third-order valence-corrected chi connectivity index (χ3v) is 2.04. The molecule has 0 atom stereocenters. The number of anilines is 2. The lowest BCUT2D eigenvalue weighted by Gasteiger charge is -2.07. The lowest BCUT2D eigenvalue weighted by atomic mass is 10.2. The molecule has 0 spiro atoms. The predicted octanol–water partition coefficient (Wildman–Crippen LogP) is -0.308. The molecule has 0 saturated heterocycles. The van der Waals surface area contributed by atoms with Crippen molar-refractivity contribution in [2.75, 3.05) is 23.8 Å². The predicted molar refractivity (Wildman–Crippen MR) is 69.5 cm³/mol. The van der Waals surface area contributed by atoms with E-state index in [1.165, 1.54) is 13.0 Å². The molecule has 3 amide bonds. The van der Waals surface area contributed by atoms with Gasteiger partial charge in [-0.3, -0.25) is 14.4 Å². The van der Waals surface area contributed by atoms with Gasteiger partial charge in [0.05, 0.1) is 6.61 Å². The van der Waals surface area contributed by atoms with Crippen molar-refractivity contribution in [3.63, 3.8) is 0 Å². The van der Waals surface area contributed by atoms with Gasteiger partial charge in [-0.15, -0.1) is 0 Å². The Morgan fingerprint density at radius 3 is 2.32 bits per heavy atom. The smallest absolute Gasteiger partial charge is 0.313 e. The molecule has 1 rings (SSSR count). The van der Waals surface area contributed by atoms with Gasteiger partial charge in [0.1, 0.15) is 0 Å². The molecule has 7 heteroatoms. The zero-order chi connectivity index (χ0) is 14.3. The first-order valence-corrected chi connectivity index (χ1v) is 5.60. The first-order valence-electron chi connectivity index (χ1n) is 5.60. The summed E-state index contributed by atoms with van der Waals surface area (Å²) in [6, 6.07) is 6.40. The van der Waals surface area contributed by atoms with Crippen LogP contribution in [0.15, 0.2) is 24.3 Å². The van der Waals surface area contributed by atoms with Gasteiger partial charge >= 0.3 is 11.8 Å². The lowest BCUT2D eigenvalue weighted by molar-refractivity contribution is -0.136. The van der Waals surface area contributed by atoms with Crippen molar-refractivity contribution >= 4 is 29.1 Å². The van der Waals surface area contributed by atoms with Crippen molar-refractivity contribution in [3.05, 3.63) is 24.3 Å². The van der Waals surface area contributed by atoms with Gasteiger partial charge in [0.25, 0.3) is 0 Å². The van der Waals surface area contributed by atoms with Crippen LogP contribution in [0.25, 0.3) is 0 Å². The van der Waals surface area contributed by atoms with E-state index >= 15 is 0 Å². The molecule has 4 N–H and O–H groups in total. The summed E-state index contributed by atoms with van der Waals surface area (Å²) >= 11 is 0. The fourth-order valence-electron chi connectivity index (χ4n) is 1.32. The Balaban J connectivity index is 2.63. The molecule has 1 aromatic rings. The second-order valence-electron chi connectivity index (χ2n) is 3.70. The first kappa shape index (κ1) is 14.7. The Morgan fingerprint density at radius 1 is 1.11 bits per heavy atom. The molecule has 0 heterocycles. The number of aliphatic hydroxyl groups excluding tert-OH is 1. The van der Waals surface area contributed by atoms with Crippen molar-refractivity contribution in [2.45, 2.75) is 6.92 Å². The molecule has 0 unspecified atom stereocenters. The van der Waals surface area contributed by atoms with Crippen LogP contribution < -0.4 is 16.0 Å². The van der Waals surface area contributed by atoms with Gasteiger partial charge in [-0.1, -0.05) is 6.07 Å². The van der Waals surface area contributed by atoms with Gasteiger partial charge < -0.3 is 21.1 Å². The van der Waals surface area contributed by atoms with Crippen molar-refractivity contribution in [3.8, 4) is 0 Å². The molecule has 0 aliphatic heterocycles. The highest BCUT2D eigenvalue weighted by Crippen LogP contribution is 2.14. The second-order valence-corrected chi connectivity index (χ2v) is 3.70. The van der Waals surface area contributed by atoms with Gasteiger partial charge in [-0.05, 0) is 18.2 Å². The van der Waals surface area contributed by atoms with E-state index in [1.807, 2.05) is 0 Å². The maximum atomic E-state index is 11.5. The van der Waals surface area contributed by atoms with Crippen molar-refractivity contribution in [1.29, 1.82) is 0 Å². The standard InChI is InChI=1S/C12H15N3O4/c1-8(17)14-9-3-2-4-10(7-9)15-12(19)11(18)13-5-6-16/h2-4,7,16H,5-6H2,1H3,(H,13,18)(H,14,17)(H,15,19). The highest BCUT2D eigenvalue weighted by Gasteiger charge is 2.12. The van der Waals surface area contributed by atoms with Crippen LogP contribution in [0.5, 0.6) is 0 Å². The molecule has 0 saturated carbocycles. The number of hydrogen-bond donors (Lipinski definition) is 4. The lowest BCUT2D eigenvalue weighted by Crippen LogP contribution is -2.36. The SMILES string of the molecule is CC(=O)Nc1cccc(NC(=O)C(=O)NCCO)c1. The normalized spacial score (nSPS) is 9.58. The van der Waals surface area contributed by atoms with E-state index in [1.54, 1.807) is 18.2 Å². The summed E-state index contributed by atoms with van der Waals surface area (Å²) < 4.78 is 0. The van der Waals surface area contributed by atoms with E-state index < -0.39 is 11.8 Å². The van der Waals surface area contributed by atoms with Gasteiger partial charge in [-0.2, -0.15) is 0 Å². The van der Waals surface area contributed by atoms with Crippen LogP contribution in [-0.2, 0) is 14.4 Å². The zero-order valence-corrected chi connectivity index (χ0v) is 10.4. The summed E-state index contributed by atoms with van der Waals surface area (Å²) in [5.41, 5.74) is 0.900. The van der Waals surface area contributed by atoms with E-state index in [4.69, 9.17) is 5.11 Å². The molecule has 7 nitrogen and oxygen atoms in total. The maximum absolute atomic E-state index is 11.5. The minimum Gasteiger partial charge on any atom is -0.395 e. The van der Waals surface area contributed by atoms with Gasteiger partial charge in [-0.25, -0.2) is 0 Å². The molecule has 0 bridgehead atoms. The molecule has 102 valence electrons. The summed E-state index contributed by atoms with van der Waals surface area (Å²) in [6.07, 6.45) is 0. The molecule has 0 aliphatic carbocycles. The number of amides is 3. The fourth-order valence-corrected chi connectivity index (χ4v) is 1.32. The zero-order valence-electron chi connectivity index (χ0n) is 10.4. The summed E-state index contributed by atoms with van der Waals surface area (Å²) in [7, 11) is 0. The van der Waals surface area contributed by atoms with Crippen LogP contribution >= 0.6 is 0 Å². The van der Waals surface area contributed by atoms with Crippen molar-refractivity contribution in [2.24, 2.45) is 0 Å². The van der Waals surface area contributed by atoms with Crippen LogP contribution in [0.3, 0.4) is 0 Å². The Morgan fingerprint density at radius 2 is 1.74 bits per heavy atom. The average Bonchev–Trinajstić information content (AvgIpc) is 2.35. The van der Waals surface area contributed by atoms with E-state index in [0.717, 1.165) is 0 Å². The number of hydrogen-bond acceptors (Lipinski definition) is 4. The molecule has 1 aromatic carbocycles. The Labute approximate surface area is 110 Å². The van der Waals surface area contributed by atoms with Crippen molar-refractivity contribution < 1.29 is 19.5 Å². The van der Waals surface area contributed by atoms with E-state index in [9.17, 15) is 14.4 Å². The molecule has 19 heavy (non-hydrogen) atoms. The number of benzene rings is 1. The van der Waals surface area contributed by atoms with Crippen LogP contribution in [0.4, 0.5) is 11.4 Å².